The van der Waals surface area contributed by atoms with Gasteiger partial charge in [-0.1, -0.05) is 30.3 Å². The van der Waals surface area contributed by atoms with E-state index < -0.39 is 5.85 Å². The SMILES string of the molecule is O=C(Nc1ccc(N2CCOCC2)cc1)c1ccccc1C1(OCCN2CCOCC2)Nc2ccccc2N1. The molecule has 39 heavy (non-hydrogen) atoms. The molecule has 3 heterocycles. The van der Waals surface area contributed by atoms with Gasteiger partial charge in [-0.15, -0.1) is 0 Å². The molecule has 0 bridgehead atoms. The molecule has 0 radical (unpaired) electrons. The van der Waals surface area contributed by atoms with Crippen molar-refractivity contribution in [1.29, 1.82) is 0 Å². The number of fused-ring (bicyclic) bond motifs is 1. The van der Waals surface area contributed by atoms with Crippen molar-refractivity contribution in [3.8, 4) is 0 Å². The summed E-state index contributed by atoms with van der Waals surface area (Å²) < 4.78 is 17.5. The van der Waals surface area contributed by atoms with Crippen molar-refractivity contribution in [2.45, 2.75) is 5.85 Å². The molecule has 9 heteroatoms. The van der Waals surface area contributed by atoms with Gasteiger partial charge in [0.25, 0.3) is 5.91 Å². The summed E-state index contributed by atoms with van der Waals surface area (Å²) in [6, 6.07) is 23.5. The van der Waals surface area contributed by atoms with E-state index in [1.807, 2.05) is 72.8 Å². The zero-order valence-electron chi connectivity index (χ0n) is 22.0. The first-order valence-electron chi connectivity index (χ1n) is 13.6. The van der Waals surface area contributed by atoms with E-state index in [0.29, 0.717) is 12.2 Å². The van der Waals surface area contributed by atoms with Gasteiger partial charge in [-0.25, -0.2) is 0 Å². The van der Waals surface area contributed by atoms with Crippen LogP contribution in [0.1, 0.15) is 15.9 Å². The Morgan fingerprint density at radius 3 is 2.13 bits per heavy atom. The molecule has 3 aromatic carbocycles. The molecule has 3 N–H and O–H groups in total. The molecular weight excluding hydrogens is 494 g/mol. The maximum absolute atomic E-state index is 13.6. The molecule has 1 amide bonds. The lowest BCUT2D eigenvalue weighted by Gasteiger charge is -2.34. The summed E-state index contributed by atoms with van der Waals surface area (Å²) in [6.45, 7) is 7.72. The number of anilines is 4. The summed E-state index contributed by atoms with van der Waals surface area (Å²) >= 11 is 0. The van der Waals surface area contributed by atoms with Crippen LogP contribution in [0.3, 0.4) is 0 Å². The van der Waals surface area contributed by atoms with Crippen molar-refractivity contribution in [2.24, 2.45) is 0 Å². The second kappa shape index (κ2) is 11.6. The fraction of sp³-hybridized carbons (Fsp3) is 0.367. The van der Waals surface area contributed by atoms with E-state index in [-0.39, 0.29) is 5.91 Å². The molecule has 2 fully saturated rings. The lowest BCUT2D eigenvalue weighted by molar-refractivity contribution is -0.0289. The van der Waals surface area contributed by atoms with Crippen LogP contribution in [0.5, 0.6) is 0 Å². The van der Waals surface area contributed by atoms with Crippen molar-refractivity contribution < 1.29 is 19.0 Å². The highest BCUT2D eigenvalue weighted by Gasteiger charge is 2.42. The molecule has 0 spiro atoms. The van der Waals surface area contributed by atoms with Gasteiger partial charge in [0, 0.05) is 55.2 Å². The Labute approximate surface area is 229 Å². The molecule has 9 nitrogen and oxygen atoms in total. The second-order valence-corrected chi connectivity index (χ2v) is 9.93. The van der Waals surface area contributed by atoms with Gasteiger partial charge < -0.3 is 35.1 Å². The monoisotopic (exact) mass is 529 g/mol. The second-order valence-electron chi connectivity index (χ2n) is 9.93. The third-order valence-electron chi connectivity index (χ3n) is 7.43. The zero-order chi connectivity index (χ0) is 26.5. The molecule has 0 saturated carbocycles. The zero-order valence-corrected chi connectivity index (χ0v) is 22.0. The van der Waals surface area contributed by atoms with Gasteiger partial charge in [-0.2, -0.15) is 0 Å². The van der Waals surface area contributed by atoms with Crippen molar-refractivity contribution >= 4 is 28.7 Å². The normalized spacial score (nSPS) is 18.6. The molecule has 0 aromatic heterocycles. The minimum absolute atomic E-state index is 0.194. The van der Waals surface area contributed by atoms with Gasteiger partial charge in [0.1, 0.15) is 0 Å². The van der Waals surface area contributed by atoms with E-state index in [0.717, 1.165) is 87.5 Å². The molecule has 2 saturated heterocycles. The number of para-hydroxylation sites is 2. The van der Waals surface area contributed by atoms with E-state index in [1.54, 1.807) is 0 Å². The van der Waals surface area contributed by atoms with Gasteiger partial charge >= 0.3 is 0 Å². The lowest BCUT2D eigenvalue weighted by atomic mass is 10.0. The van der Waals surface area contributed by atoms with E-state index in [1.165, 1.54) is 0 Å². The Hall–Kier alpha value is -3.63. The Bertz CT molecular complexity index is 1250. The van der Waals surface area contributed by atoms with Crippen LogP contribution in [0.2, 0.25) is 0 Å². The Morgan fingerprint density at radius 2 is 1.44 bits per heavy atom. The molecule has 0 atom stereocenters. The van der Waals surface area contributed by atoms with Crippen LogP contribution in [0, 0.1) is 0 Å². The number of benzene rings is 3. The van der Waals surface area contributed by atoms with Crippen LogP contribution >= 0.6 is 0 Å². The van der Waals surface area contributed by atoms with Crippen molar-refractivity contribution in [3.63, 3.8) is 0 Å². The molecule has 3 aromatic rings. The number of ether oxygens (including phenoxy) is 3. The molecule has 204 valence electrons. The Morgan fingerprint density at radius 1 is 0.821 bits per heavy atom. The highest BCUT2D eigenvalue weighted by Crippen LogP contribution is 2.41. The highest BCUT2D eigenvalue weighted by atomic mass is 16.5. The summed E-state index contributed by atoms with van der Waals surface area (Å²) in [5.41, 5.74) is 4.99. The largest absolute Gasteiger partial charge is 0.379 e. The standard InChI is InChI=1S/C30H35N5O4/c36-29(31-23-9-11-24(12-10-23)35-16-20-38-21-17-35)25-5-1-2-6-26(25)30(32-27-7-3-4-8-28(27)33-30)39-22-15-34-13-18-37-19-14-34/h1-12,32-33H,13-22H2,(H,31,36). The summed E-state index contributed by atoms with van der Waals surface area (Å²) in [7, 11) is 0. The highest BCUT2D eigenvalue weighted by molar-refractivity contribution is 6.06. The minimum Gasteiger partial charge on any atom is -0.379 e. The van der Waals surface area contributed by atoms with E-state index in [4.69, 9.17) is 14.2 Å². The average Bonchev–Trinajstić information content (AvgIpc) is 3.38. The Balaban J connectivity index is 1.22. The number of rotatable bonds is 8. The molecular formula is C30H35N5O4. The number of carbonyl (C=O) groups is 1. The third kappa shape index (κ3) is 5.72. The number of amides is 1. The van der Waals surface area contributed by atoms with Crippen molar-refractivity contribution in [2.75, 3.05) is 86.6 Å². The molecule has 0 unspecified atom stereocenters. The van der Waals surface area contributed by atoms with Crippen LogP contribution in [-0.4, -0.2) is 76.6 Å². The van der Waals surface area contributed by atoms with Crippen LogP contribution in [0.15, 0.2) is 72.8 Å². The summed E-state index contributed by atoms with van der Waals surface area (Å²) in [5, 5.41) is 10.1. The maximum Gasteiger partial charge on any atom is 0.256 e. The van der Waals surface area contributed by atoms with Gasteiger partial charge in [-0.3, -0.25) is 9.69 Å². The number of hydrogen-bond acceptors (Lipinski definition) is 8. The number of carbonyl (C=O) groups excluding carboxylic acids is 1. The van der Waals surface area contributed by atoms with Crippen LogP contribution in [0.25, 0.3) is 0 Å². The van der Waals surface area contributed by atoms with Crippen molar-refractivity contribution in [3.05, 3.63) is 83.9 Å². The quantitative estimate of drug-likeness (QED) is 0.407. The predicted molar refractivity (Wildman–Crippen MR) is 152 cm³/mol. The van der Waals surface area contributed by atoms with Crippen molar-refractivity contribution in [1.82, 2.24) is 4.90 Å². The number of nitrogens with one attached hydrogen (secondary N) is 3. The van der Waals surface area contributed by atoms with E-state index >= 15 is 0 Å². The summed E-state index contributed by atoms with van der Waals surface area (Å²) in [6.07, 6.45) is 0. The van der Waals surface area contributed by atoms with Gasteiger partial charge in [0.05, 0.1) is 44.4 Å². The van der Waals surface area contributed by atoms with Crippen LogP contribution in [0.4, 0.5) is 22.7 Å². The number of morpholine rings is 2. The first-order chi connectivity index (χ1) is 19.2. The maximum atomic E-state index is 13.6. The predicted octanol–water partition coefficient (Wildman–Crippen LogP) is 3.77. The minimum atomic E-state index is -1.08. The topological polar surface area (TPSA) is 87.3 Å². The molecule has 6 rings (SSSR count). The lowest BCUT2D eigenvalue weighted by Crippen LogP contribution is -2.46. The Kier molecular flexibility index (Phi) is 7.64. The number of hydrogen-bond donors (Lipinski definition) is 3. The fourth-order valence-electron chi connectivity index (χ4n) is 5.31. The first-order valence-corrected chi connectivity index (χ1v) is 13.6. The molecule has 3 aliphatic rings. The first kappa shape index (κ1) is 25.6. The number of nitrogens with zero attached hydrogens (tertiary/aromatic N) is 2. The van der Waals surface area contributed by atoms with E-state index in [9.17, 15) is 4.79 Å². The molecule has 3 aliphatic heterocycles. The summed E-state index contributed by atoms with van der Waals surface area (Å²) in [4.78, 5) is 18.3. The summed E-state index contributed by atoms with van der Waals surface area (Å²) in [5.74, 6) is -1.27. The van der Waals surface area contributed by atoms with Crippen LogP contribution < -0.4 is 20.9 Å². The van der Waals surface area contributed by atoms with E-state index in [2.05, 4.69) is 25.8 Å². The average molecular weight is 530 g/mol. The van der Waals surface area contributed by atoms with Gasteiger partial charge in [-0.05, 0) is 42.5 Å². The fourth-order valence-corrected chi connectivity index (χ4v) is 5.31. The molecule has 0 aliphatic carbocycles. The van der Waals surface area contributed by atoms with Gasteiger partial charge in [0.2, 0.25) is 5.85 Å². The van der Waals surface area contributed by atoms with Crippen LogP contribution in [-0.2, 0) is 20.1 Å². The van der Waals surface area contributed by atoms with Gasteiger partial charge in [0.15, 0.2) is 0 Å². The smallest absolute Gasteiger partial charge is 0.256 e. The third-order valence-corrected chi connectivity index (χ3v) is 7.43.